The minimum absolute atomic E-state index is 0.0491. The van der Waals surface area contributed by atoms with Crippen LogP contribution in [0.3, 0.4) is 0 Å². The molecule has 0 radical (unpaired) electrons. The van der Waals surface area contributed by atoms with Crippen LogP contribution in [0.1, 0.15) is 29.8 Å². The van der Waals surface area contributed by atoms with Crippen molar-refractivity contribution in [2.45, 2.75) is 19.3 Å². The van der Waals surface area contributed by atoms with Gasteiger partial charge in [-0.2, -0.15) is 0 Å². The van der Waals surface area contributed by atoms with Gasteiger partial charge in [0.05, 0.1) is 16.6 Å². The van der Waals surface area contributed by atoms with Crippen molar-refractivity contribution in [3.63, 3.8) is 0 Å². The maximum Gasteiger partial charge on any atom is 0.335 e. The highest BCUT2D eigenvalue weighted by molar-refractivity contribution is 5.92. The zero-order chi connectivity index (χ0) is 16.4. The van der Waals surface area contributed by atoms with E-state index in [1.54, 1.807) is 18.2 Å². The summed E-state index contributed by atoms with van der Waals surface area (Å²) in [4.78, 5) is 18.6. The van der Waals surface area contributed by atoms with Gasteiger partial charge in [0.1, 0.15) is 0 Å². The summed E-state index contributed by atoms with van der Waals surface area (Å²) in [6.45, 7) is 5.05. The zero-order valence-electron chi connectivity index (χ0n) is 13.1. The largest absolute Gasteiger partial charge is 0.478 e. The van der Waals surface area contributed by atoms with Gasteiger partial charge in [0, 0.05) is 12.0 Å². The fourth-order valence-corrected chi connectivity index (χ4v) is 2.52. The highest BCUT2D eigenvalue weighted by Crippen LogP contribution is 2.24. The number of carboxylic acids is 1. The van der Waals surface area contributed by atoms with Crippen LogP contribution in [0.2, 0.25) is 0 Å². The minimum Gasteiger partial charge on any atom is -0.478 e. The average molecular weight is 309 g/mol. The number of nitrogens with zero attached hydrogens (tertiary/aromatic N) is 1. The predicted molar refractivity (Wildman–Crippen MR) is 91.0 cm³/mol. The first-order chi connectivity index (χ1) is 11.0. The molecule has 0 aliphatic heterocycles. The van der Waals surface area contributed by atoms with Crippen molar-refractivity contribution in [3.8, 4) is 0 Å². The molecule has 2 aromatic carbocycles. The Bertz CT molecular complexity index is 838. The molecule has 0 unspecified atom stereocenters. The van der Waals surface area contributed by atoms with Crippen LogP contribution >= 0.6 is 0 Å². The summed E-state index contributed by atoms with van der Waals surface area (Å²) in [6.07, 6.45) is 0. The van der Waals surface area contributed by atoms with E-state index in [2.05, 4.69) is 41.3 Å². The van der Waals surface area contributed by atoms with Crippen molar-refractivity contribution < 1.29 is 9.90 Å². The summed E-state index contributed by atoms with van der Waals surface area (Å²) in [5.74, 6) is -0.298. The van der Waals surface area contributed by atoms with Crippen molar-refractivity contribution >= 4 is 23.0 Å². The molecule has 0 saturated carbocycles. The Hall–Kier alpha value is -2.82. The normalized spacial score (nSPS) is 11.6. The van der Waals surface area contributed by atoms with E-state index < -0.39 is 5.97 Å². The second-order valence-corrected chi connectivity index (χ2v) is 6.23. The topological polar surface area (TPSA) is 78.0 Å². The number of nitrogens with one attached hydrogen (secondary N) is 2. The summed E-state index contributed by atoms with van der Waals surface area (Å²) in [5.41, 5.74) is 2.90. The van der Waals surface area contributed by atoms with E-state index in [1.807, 2.05) is 18.2 Å². The monoisotopic (exact) mass is 309 g/mol. The molecule has 0 fully saturated rings. The van der Waals surface area contributed by atoms with Crippen LogP contribution in [0.5, 0.6) is 0 Å². The molecule has 5 nitrogen and oxygen atoms in total. The number of carbonyl (C=O) groups is 1. The highest BCUT2D eigenvalue weighted by atomic mass is 16.4. The SMILES string of the molecule is CC(C)(CNc1nc2ccc(C(=O)O)cc2[nH]1)c1ccccc1. The Morgan fingerprint density at radius 2 is 1.96 bits per heavy atom. The lowest BCUT2D eigenvalue weighted by Gasteiger charge is -2.25. The number of fused-ring (bicyclic) bond motifs is 1. The van der Waals surface area contributed by atoms with E-state index >= 15 is 0 Å². The number of hydrogen-bond acceptors (Lipinski definition) is 3. The first-order valence-corrected chi connectivity index (χ1v) is 7.48. The van der Waals surface area contributed by atoms with Crippen molar-refractivity contribution in [2.24, 2.45) is 0 Å². The number of anilines is 1. The summed E-state index contributed by atoms with van der Waals surface area (Å²) < 4.78 is 0. The average Bonchev–Trinajstić information content (AvgIpc) is 2.96. The second kappa shape index (κ2) is 5.76. The van der Waals surface area contributed by atoms with Gasteiger partial charge in [-0.05, 0) is 23.8 Å². The van der Waals surface area contributed by atoms with Gasteiger partial charge in [-0.15, -0.1) is 0 Å². The fraction of sp³-hybridized carbons (Fsp3) is 0.222. The molecule has 3 rings (SSSR count). The minimum atomic E-state index is -0.943. The third kappa shape index (κ3) is 3.18. The summed E-state index contributed by atoms with van der Waals surface area (Å²) >= 11 is 0. The van der Waals surface area contributed by atoms with Crippen LogP contribution in [0.15, 0.2) is 48.5 Å². The van der Waals surface area contributed by atoms with Gasteiger partial charge >= 0.3 is 5.97 Å². The third-order valence-electron chi connectivity index (χ3n) is 3.98. The number of rotatable bonds is 5. The number of aromatic amines is 1. The van der Waals surface area contributed by atoms with Gasteiger partial charge in [0.15, 0.2) is 0 Å². The maximum absolute atomic E-state index is 11.0. The van der Waals surface area contributed by atoms with Crippen molar-refractivity contribution in [1.29, 1.82) is 0 Å². The molecule has 3 N–H and O–H groups in total. The van der Waals surface area contributed by atoms with Gasteiger partial charge in [0.2, 0.25) is 5.95 Å². The lowest BCUT2D eigenvalue weighted by atomic mass is 9.85. The number of carboxylic acid groups (broad SMARTS) is 1. The molecule has 0 amide bonds. The lowest BCUT2D eigenvalue weighted by molar-refractivity contribution is 0.0697. The van der Waals surface area contributed by atoms with Crippen LogP contribution in [-0.2, 0) is 5.41 Å². The summed E-state index contributed by atoms with van der Waals surface area (Å²) in [5, 5.41) is 12.3. The quantitative estimate of drug-likeness (QED) is 0.672. The van der Waals surface area contributed by atoms with Crippen LogP contribution in [0.4, 0.5) is 5.95 Å². The first kappa shape index (κ1) is 15.1. The van der Waals surface area contributed by atoms with E-state index in [0.717, 1.165) is 5.52 Å². The summed E-state index contributed by atoms with van der Waals surface area (Å²) in [7, 11) is 0. The Morgan fingerprint density at radius 1 is 1.22 bits per heavy atom. The molecular formula is C18H19N3O2. The highest BCUT2D eigenvalue weighted by Gasteiger charge is 2.20. The molecule has 23 heavy (non-hydrogen) atoms. The molecule has 0 aliphatic carbocycles. The van der Waals surface area contributed by atoms with Crippen molar-refractivity contribution in [2.75, 3.05) is 11.9 Å². The first-order valence-electron chi connectivity index (χ1n) is 7.48. The van der Waals surface area contributed by atoms with Gasteiger partial charge < -0.3 is 15.4 Å². The number of benzene rings is 2. The van der Waals surface area contributed by atoms with Crippen LogP contribution < -0.4 is 5.32 Å². The van der Waals surface area contributed by atoms with Gasteiger partial charge in [0.25, 0.3) is 0 Å². The molecule has 1 heterocycles. The molecule has 0 spiro atoms. The number of hydrogen-bond donors (Lipinski definition) is 3. The number of imidazole rings is 1. The number of H-pyrrole nitrogens is 1. The van der Waals surface area contributed by atoms with Crippen LogP contribution in [0, 0.1) is 0 Å². The smallest absolute Gasteiger partial charge is 0.335 e. The molecule has 5 heteroatoms. The standard InChI is InChI=1S/C18H19N3O2/c1-18(2,13-6-4-3-5-7-13)11-19-17-20-14-9-8-12(16(22)23)10-15(14)21-17/h3-10H,11H2,1-2H3,(H,22,23)(H2,19,20,21). The second-order valence-electron chi connectivity index (χ2n) is 6.23. The van der Waals surface area contributed by atoms with E-state index in [0.29, 0.717) is 18.0 Å². The van der Waals surface area contributed by atoms with Gasteiger partial charge in [-0.1, -0.05) is 44.2 Å². The lowest BCUT2D eigenvalue weighted by Crippen LogP contribution is -2.27. The molecule has 0 saturated heterocycles. The molecular weight excluding hydrogens is 290 g/mol. The predicted octanol–water partition coefficient (Wildman–Crippen LogP) is 3.65. The maximum atomic E-state index is 11.0. The molecule has 0 bridgehead atoms. The number of aromatic nitrogens is 2. The Balaban J connectivity index is 1.78. The molecule has 1 aromatic heterocycles. The van der Waals surface area contributed by atoms with Crippen LogP contribution in [0.25, 0.3) is 11.0 Å². The Labute approximate surface area is 134 Å². The van der Waals surface area contributed by atoms with Crippen molar-refractivity contribution in [3.05, 3.63) is 59.7 Å². The van der Waals surface area contributed by atoms with E-state index in [-0.39, 0.29) is 11.0 Å². The van der Waals surface area contributed by atoms with E-state index in [4.69, 9.17) is 5.11 Å². The van der Waals surface area contributed by atoms with Gasteiger partial charge in [-0.25, -0.2) is 9.78 Å². The van der Waals surface area contributed by atoms with Crippen molar-refractivity contribution in [1.82, 2.24) is 9.97 Å². The zero-order valence-corrected chi connectivity index (χ0v) is 13.1. The third-order valence-corrected chi connectivity index (χ3v) is 3.98. The van der Waals surface area contributed by atoms with E-state index in [9.17, 15) is 4.79 Å². The van der Waals surface area contributed by atoms with Crippen LogP contribution in [-0.4, -0.2) is 27.6 Å². The molecule has 0 aliphatic rings. The Kier molecular flexibility index (Phi) is 3.78. The Morgan fingerprint density at radius 3 is 2.65 bits per heavy atom. The summed E-state index contributed by atoms with van der Waals surface area (Å²) in [6, 6.07) is 15.2. The number of aromatic carboxylic acids is 1. The fourth-order valence-electron chi connectivity index (χ4n) is 2.52. The molecule has 3 aromatic rings. The molecule has 0 atom stereocenters. The van der Waals surface area contributed by atoms with E-state index in [1.165, 1.54) is 5.56 Å². The van der Waals surface area contributed by atoms with Gasteiger partial charge in [-0.3, -0.25) is 0 Å². The molecule has 118 valence electrons.